The average Bonchev–Trinajstić information content (AvgIpc) is 3.44. The lowest BCUT2D eigenvalue weighted by atomic mass is 10.1. The third-order valence-corrected chi connectivity index (χ3v) is 5.84. The van der Waals surface area contributed by atoms with E-state index in [0.717, 1.165) is 12.8 Å². The molecule has 1 unspecified atom stereocenters. The molecule has 0 aliphatic heterocycles. The van der Waals surface area contributed by atoms with Crippen molar-refractivity contribution in [2.24, 2.45) is 5.92 Å². The number of para-hydroxylation sites is 1. The quantitative estimate of drug-likeness (QED) is 0.356. The van der Waals surface area contributed by atoms with Crippen LogP contribution in [0.5, 0.6) is 0 Å². The van der Waals surface area contributed by atoms with Crippen LogP contribution in [0.4, 0.5) is 17.6 Å². The van der Waals surface area contributed by atoms with E-state index in [0.29, 0.717) is 27.6 Å². The van der Waals surface area contributed by atoms with Gasteiger partial charge >= 0.3 is 0 Å². The zero-order valence-corrected chi connectivity index (χ0v) is 17.5. The van der Waals surface area contributed by atoms with Gasteiger partial charge in [0.15, 0.2) is 5.82 Å². The average molecular weight is 458 g/mol. The Morgan fingerprint density at radius 3 is 2.68 bits per heavy atom. The van der Waals surface area contributed by atoms with E-state index in [2.05, 4.69) is 25.5 Å². The van der Waals surface area contributed by atoms with E-state index < -0.39 is 6.04 Å². The molecule has 1 fully saturated rings. The molecule has 1 saturated carbocycles. The Labute approximate surface area is 185 Å². The second-order valence-electron chi connectivity index (χ2n) is 7.28. The maximum Gasteiger partial charge on any atom is 0.267 e. The van der Waals surface area contributed by atoms with Crippen molar-refractivity contribution in [2.75, 3.05) is 16.8 Å². The van der Waals surface area contributed by atoms with E-state index in [-0.39, 0.29) is 34.1 Å². The van der Waals surface area contributed by atoms with Crippen LogP contribution in [0.15, 0.2) is 35.3 Å². The third kappa shape index (κ3) is 3.43. The second-order valence-corrected chi connectivity index (χ2v) is 8.06. The van der Waals surface area contributed by atoms with Crippen LogP contribution in [0.3, 0.4) is 0 Å². The molecule has 1 aliphatic carbocycles. The lowest BCUT2D eigenvalue weighted by molar-refractivity contribution is 0.605. The van der Waals surface area contributed by atoms with E-state index in [9.17, 15) is 4.79 Å². The molecule has 12 heteroatoms. The largest absolute Gasteiger partial charge is 0.382 e. The number of hydrogen-bond donors (Lipinski definition) is 4. The highest BCUT2D eigenvalue weighted by Crippen LogP contribution is 2.43. The predicted molar refractivity (Wildman–Crippen MR) is 119 cm³/mol. The van der Waals surface area contributed by atoms with Crippen molar-refractivity contribution in [2.45, 2.75) is 18.9 Å². The summed E-state index contributed by atoms with van der Waals surface area (Å²) < 4.78 is 1.49. The van der Waals surface area contributed by atoms with Gasteiger partial charge in [0.05, 0.1) is 28.2 Å². The molecule has 0 bridgehead atoms. The molecule has 10 nitrogen and oxygen atoms in total. The fourth-order valence-electron chi connectivity index (χ4n) is 3.55. The van der Waals surface area contributed by atoms with Gasteiger partial charge in [0.25, 0.3) is 5.56 Å². The highest BCUT2D eigenvalue weighted by Gasteiger charge is 2.37. The smallest absolute Gasteiger partial charge is 0.267 e. The molecule has 31 heavy (non-hydrogen) atoms. The molecular formula is C19H17Cl2N9O. The summed E-state index contributed by atoms with van der Waals surface area (Å²) in [7, 11) is 0. The zero-order chi connectivity index (χ0) is 21.7. The van der Waals surface area contributed by atoms with E-state index in [1.807, 2.05) is 0 Å². The molecule has 6 N–H and O–H groups in total. The summed E-state index contributed by atoms with van der Waals surface area (Å²) in [4.78, 5) is 26.3. The van der Waals surface area contributed by atoms with Crippen molar-refractivity contribution >= 4 is 51.7 Å². The predicted octanol–water partition coefficient (Wildman–Crippen LogP) is 2.93. The summed E-state index contributed by atoms with van der Waals surface area (Å²) in [5, 5.41) is 11.0. The molecule has 0 amide bonds. The maximum absolute atomic E-state index is 13.5. The summed E-state index contributed by atoms with van der Waals surface area (Å²) in [5.41, 5.74) is 11.8. The monoisotopic (exact) mass is 457 g/mol. The van der Waals surface area contributed by atoms with E-state index >= 15 is 0 Å². The number of aromatic amines is 1. The summed E-state index contributed by atoms with van der Waals surface area (Å²) in [6.45, 7) is 0. The Morgan fingerprint density at radius 1 is 1.16 bits per heavy atom. The van der Waals surface area contributed by atoms with Crippen molar-refractivity contribution in [3.63, 3.8) is 0 Å². The fraction of sp³-hybridized carbons (Fsp3) is 0.211. The minimum Gasteiger partial charge on any atom is -0.382 e. The number of H-pyrrole nitrogens is 1. The molecule has 3 aromatic heterocycles. The van der Waals surface area contributed by atoms with Crippen LogP contribution >= 0.6 is 23.2 Å². The Kier molecular flexibility index (Phi) is 4.67. The van der Waals surface area contributed by atoms with Crippen LogP contribution in [-0.2, 0) is 0 Å². The normalized spacial score (nSPS) is 14.6. The van der Waals surface area contributed by atoms with Gasteiger partial charge in [0.1, 0.15) is 22.5 Å². The summed E-state index contributed by atoms with van der Waals surface area (Å²) in [5.74, 6) is 1.44. The fourth-order valence-corrected chi connectivity index (χ4v) is 3.91. The van der Waals surface area contributed by atoms with Crippen LogP contribution in [0.1, 0.15) is 24.7 Å². The zero-order valence-electron chi connectivity index (χ0n) is 16.0. The van der Waals surface area contributed by atoms with Gasteiger partial charge in [-0.1, -0.05) is 29.3 Å². The summed E-state index contributed by atoms with van der Waals surface area (Å²) in [6.07, 6.45) is 3.44. The first kappa shape index (κ1) is 19.6. The number of hydrogen-bond acceptors (Lipinski definition) is 8. The van der Waals surface area contributed by atoms with E-state index in [1.54, 1.807) is 30.5 Å². The second kappa shape index (κ2) is 7.40. The molecule has 0 spiro atoms. The molecule has 1 aromatic carbocycles. The van der Waals surface area contributed by atoms with Gasteiger partial charge in [0, 0.05) is 6.07 Å². The van der Waals surface area contributed by atoms with E-state index in [4.69, 9.17) is 39.7 Å². The Hall–Kier alpha value is -3.37. The maximum atomic E-state index is 13.5. The SMILES string of the molecule is Nc1nc(N)c(Cl)c(NC(c2nc3c(Cl)cccc3c(=O)n2-c2ccn[nH]2)C2CC2)n1. The number of nitrogens with one attached hydrogen (secondary N) is 2. The molecule has 1 aliphatic rings. The van der Waals surface area contributed by atoms with Crippen molar-refractivity contribution in [1.29, 1.82) is 0 Å². The standard InChI is InChI=1S/C19H17Cl2N9O/c20-10-3-1-2-9-14(10)26-17(30(18(9)31)11-6-7-24-29-11)13(8-4-5-8)25-16-12(21)15(22)27-19(23)28-16/h1-3,6-8,13H,4-5H2,(H,24,29)(H5,22,23,25,27,28). The first-order chi connectivity index (χ1) is 14.9. The van der Waals surface area contributed by atoms with Gasteiger partial charge in [0.2, 0.25) is 5.95 Å². The number of nitrogen functional groups attached to an aromatic ring is 2. The van der Waals surface area contributed by atoms with Crippen LogP contribution in [-0.4, -0.2) is 29.7 Å². The first-order valence-electron chi connectivity index (χ1n) is 9.50. The number of nitrogens with two attached hydrogens (primary N) is 2. The molecule has 5 rings (SSSR count). The highest BCUT2D eigenvalue weighted by molar-refractivity contribution is 6.35. The molecule has 0 saturated heterocycles. The van der Waals surface area contributed by atoms with Crippen molar-refractivity contribution in [1.82, 2.24) is 29.7 Å². The van der Waals surface area contributed by atoms with Gasteiger partial charge < -0.3 is 16.8 Å². The molecular weight excluding hydrogens is 441 g/mol. The van der Waals surface area contributed by atoms with Crippen LogP contribution in [0.25, 0.3) is 16.7 Å². The number of benzene rings is 1. The van der Waals surface area contributed by atoms with Gasteiger partial charge in [-0.2, -0.15) is 15.1 Å². The van der Waals surface area contributed by atoms with Gasteiger partial charge in [-0.3, -0.25) is 9.89 Å². The molecule has 0 radical (unpaired) electrons. The molecule has 1 atom stereocenters. The highest BCUT2D eigenvalue weighted by atomic mass is 35.5. The van der Waals surface area contributed by atoms with Gasteiger partial charge in [-0.05, 0) is 30.9 Å². The van der Waals surface area contributed by atoms with Crippen molar-refractivity contribution in [3.8, 4) is 5.82 Å². The Balaban J connectivity index is 1.75. The van der Waals surface area contributed by atoms with E-state index in [1.165, 1.54) is 4.57 Å². The number of aromatic nitrogens is 6. The molecule has 3 heterocycles. The number of anilines is 3. The number of rotatable bonds is 5. The van der Waals surface area contributed by atoms with Crippen LogP contribution < -0.4 is 22.3 Å². The number of nitrogens with zero attached hydrogens (tertiary/aromatic N) is 5. The van der Waals surface area contributed by atoms with Crippen LogP contribution in [0, 0.1) is 5.92 Å². The summed E-state index contributed by atoms with van der Waals surface area (Å²) in [6, 6.07) is 6.38. The minimum atomic E-state index is -0.414. The van der Waals surface area contributed by atoms with Crippen molar-refractivity contribution < 1.29 is 0 Å². The molecule has 4 aromatic rings. The molecule has 158 valence electrons. The number of fused-ring (bicyclic) bond motifs is 1. The number of halogens is 2. The minimum absolute atomic E-state index is 0.0144. The Bertz CT molecular complexity index is 1350. The first-order valence-corrected chi connectivity index (χ1v) is 10.3. The van der Waals surface area contributed by atoms with Gasteiger partial charge in [-0.15, -0.1) is 0 Å². The topological polar surface area (TPSA) is 153 Å². The lowest BCUT2D eigenvalue weighted by Crippen LogP contribution is -2.29. The third-order valence-electron chi connectivity index (χ3n) is 5.16. The lowest BCUT2D eigenvalue weighted by Gasteiger charge is -2.23. The van der Waals surface area contributed by atoms with Crippen molar-refractivity contribution in [3.05, 3.63) is 56.7 Å². The summed E-state index contributed by atoms with van der Waals surface area (Å²) >= 11 is 12.7. The van der Waals surface area contributed by atoms with Crippen LogP contribution in [0.2, 0.25) is 10.0 Å². The Morgan fingerprint density at radius 2 is 1.97 bits per heavy atom. The van der Waals surface area contributed by atoms with Gasteiger partial charge in [-0.25, -0.2) is 9.55 Å².